The summed E-state index contributed by atoms with van der Waals surface area (Å²) < 4.78 is 10.4. The Kier molecular flexibility index (Phi) is 4.35. The van der Waals surface area contributed by atoms with Crippen LogP contribution in [0, 0.1) is 0 Å². The Labute approximate surface area is 85.0 Å². The highest BCUT2D eigenvalue weighted by molar-refractivity contribution is 5.78. The van der Waals surface area contributed by atoms with E-state index in [0.717, 1.165) is 19.4 Å². The number of carbonyl (C=O) groups excluding carboxylic acids is 1. The van der Waals surface area contributed by atoms with E-state index in [1.165, 1.54) is 0 Å². The third-order valence-electron chi connectivity index (χ3n) is 2.32. The van der Waals surface area contributed by atoms with Gasteiger partial charge in [-0.15, -0.1) is 0 Å². The van der Waals surface area contributed by atoms with Gasteiger partial charge in [0.2, 0.25) is 5.91 Å². The Bertz CT molecular complexity index is 188. The SMILES string of the molecule is CCOCC(=O)NC1(C)CCCOC1. The Morgan fingerprint density at radius 3 is 3.00 bits per heavy atom. The second-order valence-corrected chi connectivity index (χ2v) is 3.90. The van der Waals surface area contributed by atoms with Crippen LogP contribution in [0.15, 0.2) is 0 Å². The van der Waals surface area contributed by atoms with Crippen molar-refractivity contribution in [3.8, 4) is 0 Å². The van der Waals surface area contributed by atoms with Crippen molar-refractivity contribution < 1.29 is 14.3 Å². The van der Waals surface area contributed by atoms with Gasteiger partial charge in [0.15, 0.2) is 0 Å². The highest BCUT2D eigenvalue weighted by atomic mass is 16.5. The molecule has 1 N–H and O–H groups in total. The van der Waals surface area contributed by atoms with Crippen LogP contribution in [0.25, 0.3) is 0 Å². The molecule has 1 atom stereocenters. The largest absolute Gasteiger partial charge is 0.379 e. The van der Waals surface area contributed by atoms with Crippen molar-refractivity contribution in [3.05, 3.63) is 0 Å². The summed E-state index contributed by atoms with van der Waals surface area (Å²) >= 11 is 0. The molecule has 4 heteroatoms. The summed E-state index contributed by atoms with van der Waals surface area (Å²) in [5.41, 5.74) is -0.202. The van der Waals surface area contributed by atoms with Crippen LogP contribution in [0.5, 0.6) is 0 Å². The first-order valence-corrected chi connectivity index (χ1v) is 5.13. The Balaban J connectivity index is 2.29. The lowest BCUT2D eigenvalue weighted by Crippen LogP contribution is -2.52. The molecule has 1 aliphatic heterocycles. The van der Waals surface area contributed by atoms with Gasteiger partial charge in [0.05, 0.1) is 12.1 Å². The Morgan fingerprint density at radius 2 is 2.43 bits per heavy atom. The van der Waals surface area contributed by atoms with Crippen LogP contribution >= 0.6 is 0 Å². The number of ether oxygens (including phenoxy) is 2. The summed E-state index contributed by atoms with van der Waals surface area (Å²) in [6.07, 6.45) is 1.98. The van der Waals surface area contributed by atoms with Gasteiger partial charge in [0, 0.05) is 13.2 Å². The van der Waals surface area contributed by atoms with Crippen molar-refractivity contribution in [1.82, 2.24) is 5.32 Å². The zero-order valence-electron chi connectivity index (χ0n) is 8.97. The second-order valence-electron chi connectivity index (χ2n) is 3.90. The summed E-state index contributed by atoms with van der Waals surface area (Å²) in [6, 6.07) is 0. The summed E-state index contributed by atoms with van der Waals surface area (Å²) in [7, 11) is 0. The molecule has 0 bridgehead atoms. The van der Waals surface area contributed by atoms with Gasteiger partial charge in [0.1, 0.15) is 6.61 Å². The van der Waals surface area contributed by atoms with Gasteiger partial charge in [0.25, 0.3) is 0 Å². The fourth-order valence-corrected chi connectivity index (χ4v) is 1.60. The van der Waals surface area contributed by atoms with Crippen molar-refractivity contribution in [2.45, 2.75) is 32.2 Å². The first-order chi connectivity index (χ1) is 6.66. The first-order valence-electron chi connectivity index (χ1n) is 5.13. The van der Waals surface area contributed by atoms with Gasteiger partial charge in [-0.25, -0.2) is 0 Å². The van der Waals surface area contributed by atoms with Crippen LogP contribution in [0.4, 0.5) is 0 Å². The van der Waals surface area contributed by atoms with Crippen molar-refractivity contribution in [2.75, 3.05) is 26.4 Å². The zero-order valence-corrected chi connectivity index (χ0v) is 8.97. The van der Waals surface area contributed by atoms with E-state index in [0.29, 0.717) is 13.2 Å². The average Bonchev–Trinajstić information content (AvgIpc) is 2.15. The van der Waals surface area contributed by atoms with Gasteiger partial charge >= 0.3 is 0 Å². The maximum absolute atomic E-state index is 11.4. The van der Waals surface area contributed by atoms with Crippen molar-refractivity contribution in [1.29, 1.82) is 0 Å². The van der Waals surface area contributed by atoms with Crippen LogP contribution in [-0.2, 0) is 14.3 Å². The molecule has 1 fully saturated rings. The minimum atomic E-state index is -0.202. The highest BCUT2D eigenvalue weighted by Gasteiger charge is 2.28. The molecule has 0 saturated carbocycles. The van der Waals surface area contributed by atoms with Crippen LogP contribution in [0.2, 0.25) is 0 Å². The maximum atomic E-state index is 11.4. The molecule has 0 spiro atoms. The van der Waals surface area contributed by atoms with Crippen LogP contribution in [0.1, 0.15) is 26.7 Å². The monoisotopic (exact) mass is 201 g/mol. The van der Waals surface area contributed by atoms with Gasteiger partial charge in [-0.2, -0.15) is 0 Å². The predicted octanol–water partition coefficient (Wildman–Crippen LogP) is 0.708. The van der Waals surface area contributed by atoms with E-state index < -0.39 is 0 Å². The maximum Gasteiger partial charge on any atom is 0.246 e. The molecular formula is C10H19NO3. The fraction of sp³-hybridized carbons (Fsp3) is 0.900. The van der Waals surface area contributed by atoms with Gasteiger partial charge in [-0.1, -0.05) is 0 Å². The lowest BCUT2D eigenvalue weighted by atomic mass is 9.95. The van der Waals surface area contributed by atoms with E-state index in [1.807, 2.05) is 13.8 Å². The molecule has 4 nitrogen and oxygen atoms in total. The molecule has 14 heavy (non-hydrogen) atoms. The lowest BCUT2D eigenvalue weighted by molar-refractivity contribution is -0.129. The summed E-state index contributed by atoms with van der Waals surface area (Å²) in [5, 5.41) is 2.94. The van der Waals surface area contributed by atoms with Crippen LogP contribution in [-0.4, -0.2) is 37.9 Å². The molecule has 0 radical (unpaired) electrons. The lowest BCUT2D eigenvalue weighted by Gasteiger charge is -2.34. The Morgan fingerprint density at radius 1 is 1.64 bits per heavy atom. The van der Waals surface area contributed by atoms with Crippen LogP contribution < -0.4 is 5.32 Å². The van der Waals surface area contributed by atoms with E-state index in [-0.39, 0.29) is 18.1 Å². The number of carbonyl (C=O) groups is 1. The quantitative estimate of drug-likeness (QED) is 0.728. The average molecular weight is 201 g/mol. The molecule has 1 saturated heterocycles. The van der Waals surface area contributed by atoms with Crippen molar-refractivity contribution >= 4 is 5.91 Å². The van der Waals surface area contributed by atoms with Gasteiger partial charge in [-0.3, -0.25) is 4.79 Å². The predicted molar refractivity (Wildman–Crippen MR) is 53.1 cm³/mol. The fourth-order valence-electron chi connectivity index (χ4n) is 1.60. The Hall–Kier alpha value is -0.610. The molecule has 1 heterocycles. The normalized spacial score (nSPS) is 27.3. The number of nitrogens with one attached hydrogen (secondary N) is 1. The molecule has 0 aliphatic carbocycles. The van der Waals surface area contributed by atoms with Gasteiger partial charge < -0.3 is 14.8 Å². The topological polar surface area (TPSA) is 47.6 Å². The minimum absolute atomic E-state index is 0.0557. The third kappa shape index (κ3) is 3.64. The molecule has 82 valence electrons. The van der Waals surface area contributed by atoms with E-state index in [4.69, 9.17) is 9.47 Å². The molecule has 1 unspecified atom stereocenters. The van der Waals surface area contributed by atoms with Crippen molar-refractivity contribution in [2.24, 2.45) is 0 Å². The molecule has 0 aromatic heterocycles. The van der Waals surface area contributed by atoms with Crippen molar-refractivity contribution in [3.63, 3.8) is 0 Å². The molecule has 0 aromatic carbocycles. The third-order valence-corrected chi connectivity index (χ3v) is 2.32. The molecule has 1 rings (SSSR count). The first kappa shape index (κ1) is 11.5. The molecule has 1 amide bonds. The number of amides is 1. The minimum Gasteiger partial charge on any atom is -0.379 e. The smallest absolute Gasteiger partial charge is 0.246 e. The molecular weight excluding hydrogens is 182 g/mol. The van der Waals surface area contributed by atoms with E-state index in [1.54, 1.807) is 0 Å². The number of rotatable bonds is 4. The standard InChI is InChI=1S/C10H19NO3/c1-3-13-7-9(12)11-10(2)5-4-6-14-8-10/h3-8H2,1-2H3,(H,11,12). The molecule has 0 aromatic rings. The van der Waals surface area contributed by atoms with Gasteiger partial charge in [-0.05, 0) is 26.7 Å². The summed E-state index contributed by atoms with van der Waals surface area (Å²) in [4.78, 5) is 11.4. The number of hydrogen-bond donors (Lipinski definition) is 1. The van der Waals surface area contributed by atoms with E-state index in [2.05, 4.69) is 5.32 Å². The highest BCUT2D eigenvalue weighted by Crippen LogP contribution is 2.17. The second kappa shape index (κ2) is 5.32. The van der Waals surface area contributed by atoms with E-state index >= 15 is 0 Å². The number of hydrogen-bond acceptors (Lipinski definition) is 3. The summed E-state index contributed by atoms with van der Waals surface area (Å²) in [5.74, 6) is -0.0557. The zero-order chi connectivity index (χ0) is 10.4. The molecule has 1 aliphatic rings. The summed E-state index contributed by atoms with van der Waals surface area (Å²) in [6.45, 7) is 6.00. The van der Waals surface area contributed by atoms with E-state index in [9.17, 15) is 4.79 Å². The van der Waals surface area contributed by atoms with Crippen LogP contribution in [0.3, 0.4) is 0 Å².